The number of amides is 2. The van der Waals surface area contributed by atoms with Gasteiger partial charge in [-0.05, 0) is 43.1 Å². The average Bonchev–Trinajstić information content (AvgIpc) is 2.61. The molecule has 0 atom stereocenters. The van der Waals surface area contributed by atoms with Crippen LogP contribution in [0.2, 0.25) is 0 Å². The summed E-state index contributed by atoms with van der Waals surface area (Å²) < 4.78 is 5.54. The van der Waals surface area contributed by atoms with Crippen LogP contribution >= 0.6 is 0 Å². The fraction of sp³-hybridized carbons (Fsp3) is 0.619. The van der Waals surface area contributed by atoms with Crippen molar-refractivity contribution in [2.24, 2.45) is 0 Å². The Morgan fingerprint density at radius 2 is 2.04 bits per heavy atom. The SMILES string of the molecule is CCCCN(C)CCNC(=O)CN1C(=O)COc2ccc(C(C)(C)C)cc21. The highest BCUT2D eigenvalue weighted by molar-refractivity contribution is 6.02. The highest BCUT2D eigenvalue weighted by Crippen LogP contribution is 2.36. The normalized spacial score (nSPS) is 14.1. The Hall–Kier alpha value is -2.08. The number of hydrogen-bond acceptors (Lipinski definition) is 4. The first kappa shape index (κ1) is 21.2. The van der Waals surface area contributed by atoms with Crippen LogP contribution in [-0.4, -0.2) is 56.5 Å². The molecule has 0 fully saturated rings. The van der Waals surface area contributed by atoms with Crippen molar-refractivity contribution >= 4 is 17.5 Å². The molecule has 6 heteroatoms. The number of rotatable bonds is 8. The lowest BCUT2D eigenvalue weighted by Gasteiger charge is -2.31. The fourth-order valence-corrected chi connectivity index (χ4v) is 2.97. The van der Waals surface area contributed by atoms with E-state index in [1.54, 1.807) is 0 Å². The molecule has 2 rings (SSSR count). The molecule has 0 saturated carbocycles. The molecule has 1 aromatic rings. The third kappa shape index (κ3) is 5.96. The topological polar surface area (TPSA) is 61.9 Å². The number of unbranched alkanes of at least 4 members (excludes halogenated alkanes) is 1. The molecule has 1 N–H and O–H groups in total. The van der Waals surface area contributed by atoms with E-state index >= 15 is 0 Å². The monoisotopic (exact) mass is 375 g/mol. The Labute approximate surface area is 162 Å². The second-order valence-corrected chi connectivity index (χ2v) is 8.21. The molecule has 0 spiro atoms. The molecule has 1 aliphatic heterocycles. The van der Waals surface area contributed by atoms with Crippen molar-refractivity contribution in [3.8, 4) is 5.75 Å². The third-order valence-electron chi connectivity index (χ3n) is 4.78. The summed E-state index contributed by atoms with van der Waals surface area (Å²) in [6.07, 6.45) is 2.31. The van der Waals surface area contributed by atoms with Crippen molar-refractivity contribution in [1.82, 2.24) is 10.2 Å². The Morgan fingerprint density at radius 3 is 2.70 bits per heavy atom. The summed E-state index contributed by atoms with van der Waals surface area (Å²) in [5, 5.41) is 2.92. The summed E-state index contributed by atoms with van der Waals surface area (Å²) in [5.41, 5.74) is 1.73. The lowest BCUT2D eigenvalue weighted by Crippen LogP contribution is -2.46. The zero-order valence-electron chi connectivity index (χ0n) is 17.3. The number of nitrogens with zero attached hydrogens (tertiary/aromatic N) is 2. The Morgan fingerprint density at radius 1 is 1.30 bits per heavy atom. The molecule has 27 heavy (non-hydrogen) atoms. The van der Waals surface area contributed by atoms with E-state index in [0.29, 0.717) is 18.0 Å². The minimum absolute atomic E-state index is 0.0153. The molecule has 0 unspecified atom stereocenters. The van der Waals surface area contributed by atoms with Crippen molar-refractivity contribution in [3.63, 3.8) is 0 Å². The molecule has 6 nitrogen and oxygen atoms in total. The van der Waals surface area contributed by atoms with Gasteiger partial charge in [0.2, 0.25) is 5.91 Å². The second kappa shape index (κ2) is 9.22. The van der Waals surface area contributed by atoms with Crippen molar-refractivity contribution < 1.29 is 14.3 Å². The van der Waals surface area contributed by atoms with Crippen LogP contribution in [0.5, 0.6) is 5.75 Å². The first-order valence-electron chi connectivity index (χ1n) is 9.75. The first-order chi connectivity index (χ1) is 12.7. The van der Waals surface area contributed by atoms with E-state index in [4.69, 9.17) is 4.74 Å². The minimum atomic E-state index is -0.191. The number of nitrogens with one attached hydrogen (secondary N) is 1. The summed E-state index contributed by atoms with van der Waals surface area (Å²) in [6.45, 7) is 10.9. The summed E-state index contributed by atoms with van der Waals surface area (Å²) in [6, 6.07) is 5.85. The van der Waals surface area contributed by atoms with Crippen LogP contribution in [0.15, 0.2) is 18.2 Å². The van der Waals surface area contributed by atoms with Crippen LogP contribution in [0, 0.1) is 0 Å². The molecule has 2 amide bonds. The molecular formula is C21H33N3O3. The number of fused-ring (bicyclic) bond motifs is 1. The molecule has 1 aromatic carbocycles. The highest BCUT2D eigenvalue weighted by atomic mass is 16.5. The van der Waals surface area contributed by atoms with Gasteiger partial charge in [0, 0.05) is 13.1 Å². The van der Waals surface area contributed by atoms with Crippen LogP contribution in [0.3, 0.4) is 0 Å². The van der Waals surface area contributed by atoms with Crippen LogP contribution < -0.4 is 15.0 Å². The van der Waals surface area contributed by atoms with Gasteiger partial charge in [0.15, 0.2) is 6.61 Å². The van der Waals surface area contributed by atoms with Crippen molar-refractivity contribution in [1.29, 1.82) is 0 Å². The average molecular weight is 376 g/mol. The second-order valence-electron chi connectivity index (χ2n) is 8.21. The summed E-state index contributed by atoms with van der Waals surface area (Å²) in [4.78, 5) is 28.5. The van der Waals surface area contributed by atoms with Crippen molar-refractivity contribution in [2.45, 2.75) is 46.0 Å². The van der Waals surface area contributed by atoms with E-state index in [1.807, 2.05) is 18.2 Å². The zero-order valence-corrected chi connectivity index (χ0v) is 17.3. The summed E-state index contributed by atoms with van der Waals surface area (Å²) >= 11 is 0. The maximum absolute atomic E-state index is 12.4. The van der Waals surface area contributed by atoms with Crippen LogP contribution in [0.4, 0.5) is 5.69 Å². The largest absolute Gasteiger partial charge is 0.482 e. The fourth-order valence-electron chi connectivity index (χ4n) is 2.97. The number of carbonyl (C=O) groups excluding carboxylic acids is 2. The van der Waals surface area contributed by atoms with Crippen LogP contribution in [0.1, 0.15) is 46.1 Å². The predicted molar refractivity (Wildman–Crippen MR) is 108 cm³/mol. The number of benzene rings is 1. The van der Waals surface area contributed by atoms with Crippen LogP contribution in [-0.2, 0) is 15.0 Å². The number of hydrogen-bond donors (Lipinski definition) is 1. The number of likely N-dealkylation sites (N-methyl/N-ethyl adjacent to an activating group) is 1. The van der Waals surface area contributed by atoms with Gasteiger partial charge >= 0.3 is 0 Å². The van der Waals surface area contributed by atoms with E-state index in [-0.39, 0.29) is 30.4 Å². The van der Waals surface area contributed by atoms with E-state index < -0.39 is 0 Å². The van der Waals surface area contributed by atoms with Gasteiger partial charge in [-0.1, -0.05) is 40.2 Å². The number of ether oxygens (including phenoxy) is 1. The van der Waals surface area contributed by atoms with Crippen LogP contribution in [0.25, 0.3) is 0 Å². The third-order valence-corrected chi connectivity index (χ3v) is 4.78. The maximum atomic E-state index is 12.4. The molecule has 1 heterocycles. The highest BCUT2D eigenvalue weighted by Gasteiger charge is 2.28. The van der Waals surface area contributed by atoms with Gasteiger partial charge in [-0.25, -0.2) is 0 Å². The van der Waals surface area contributed by atoms with Gasteiger partial charge in [0.1, 0.15) is 12.3 Å². The molecule has 1 aliphatic rings. The van der Waals surface area contributed by atoms with Gasteiger partial charge in [0.25, 0.3) is 5.91 Å². The molecule has 0 bridgehead atoms. The Bertz CT molecular complexity index is 667. The van der Waals surface area contributed by atoms with E-state index in [2.05, 4.69) is 45.0 Å². The van der Waals surface area contributed by atoms with Gasteiger partial charge in [0.05, 0.1) is 5.69 Å². The smallest absolute Gasteiger partial charge is 0.265 e. The van der Waals surface area contributed by atoms with E-state index in [0.717, 1.165) is 31.5 Å². The van der Waals surface area contributed by atoms with Gasteiger partial charge < -0.3 is 15.0 Å². The minimum Gasteiger partial charge on any atom is -0.482 e. The molecule has 0 aliphatic carbocycles. The zero-order chi connectivity index (χ0) is 20.0. The lowest BCUT2D eigenvalue weighted by molar-refractivity contribution is -0.125. The maximum Gasteiger partial charge on any atom is 0.265 e. The van der Waals surface area contributed by atoms with E-state index in [1.165, 1.54) is 4.90 Å². The van der Waals surface area contributed by atoms with Gasteiger partial charge in [-0.15, -0.1) is 0 Å². The summed E-state index contributed by atoms with van der Waals surface area (Å²) in [7, 11) is 2.05. The molecular weight excluding hydrogens is 342 g/mol. The Kier molecular flexibility index (Phi) is 7.25. The van der Waals surface area contributed by atoms with E-state index in [9.17, 15) is 9.59 Å². The van der Waals surface area contributed by atoms with Gasteiger partial charge in [-0.2, -0.15) is 0 Å². The lowest BCUT2D eigenvalue weighted by atomic mass is 9.86. The molecule has 0 radical (unpaired) electrons. The molecule has 150 valence electrons. The standard InChI is InChI=1S/C21H33N3O3/c1-6-7-11-23(5)12-10-22-19(25)14-24-17-13-16(21(2,3)4)8-9-18(17)27-15-20(24)26/h8-9,13H,6-7,10-12,14-15H2,1-5H3,(H,22,25). The van der Waals surface area contributed by atoms with Gasteiger partial charge in [-0.3, -0.25) is 14.5 Å². The molecule has 0 aromatic heterocycles. The molecule has 0 saturated heterocycles. The number of anilines is 1. The number of carbonyl (C=O) groups is 2. The van der Waals surface area contributed by atoms with Crippen molar-refractivity contribution in [2.75, 3.05) is 44.7 Å². The van der Waals surface area contributed by atoms with Crippen molar-refractivity contribution in [3.05, 3.63) is 23.8 Å². The quantitative estimate of drug-likeness (QED) is 0.759. The predicted octanol–water partition coefficient (Wildman–Crippen LogP) is 2.56. The summed E-state index contributed by atoms with van der Waals surface area (Å²) in [5.74, 6) is 0.305. The first-order valence-corrected chi connectivity index (χ1v) is 9.75. The Balaban J connectivity index is 2.00.